The van der Waals surface area contributed by atoms with Crippen LogP contribution in [-0.4, -0.2) is 62.4 Å². The van der Waals surface area contributed by atoms with Crippen molar-refractivity contribution in [3.05, 3.63) is 0 Å². The summed E-state index contributed by atoms with van der Waals surface area (Å²) in [5, 5.41) is 3.53. The lowest BCUT2D eigenvalue weighted by Gasteiger charge is -2.36. The molecule has 2 rings (SSSR count). The van der Waals surface area contributed by atoms with Crippen LogP contribution >= 0.6 is 0 Å². The van der Waals surface area contributed by atoms with Crippen molar-refractivity contribution >= 4 is 5.97 Å². The quantitative estimate of drug-likeness (QED) is 0.652. The van der Waals surface area contributed by atoms with Gasteiger partial charge in [0.1, 0.15) is 5.54 Å². The predicted molar refractivity (Wildman–Crippen MR) is 82.2 cm³/mol. The van der Waals surface area contributed by atoms with E-state index in [2.05, 4.69) is 17.1 Å². The Morgan fingerprint density at radius 2 is 2.10 bits per heavy atom. The Morgan fingerprint density at radius 1 is 1.33 bits per heavy atom. The summed E-state index contributed by atoms with van der Waals surface area (Å²) in [5.41, 5.74) is -0.519. The van der Waals surface area contributed by atoms with E-state index in [0.29, 0.717) is 18.6 Å². The van der Waals surface area contributed by atoms with E-state index >= 15 is 0 Å². The van der Waals surface area contributed by atoms with Crippen molar-refractivity contribution in [2.75, 3.05) is 39.9 Å². The smallest absolute Gasteiger partial charge is 0.327 e. The van der Waals surface area contributed by atoms with Crippen LogP contribution in [0, 0.1) is 5.92 Å². The van der Waals surface area contributed by atoms with Crippen molar-refractivity contribution in [3.8, 4) is 0 Å². The molecule has 0 spiro atoms. The minimum Gasteiger partial charge on any atom is -0.465 e. The zero-order valence-electron chi connectivity index (χ0n) is 13.7. The maximum absolute atomic E-state index is 12.6. The molecule has 21 heavy (non-hydrogen) atoms. The first-order chi connectivity index (χ1) is 10.2. The van der Waals surface area contributed by atoms with Crippen LogP contribution in [0.3, 0.4) is 0 Å². The topological polar surface area (TPSA) is 50.8 Å². The summed E-state index contributed by atoms with van der Waals surface area (Å²) in [5.74, 6) is 0.353. The Hall–Kier alpha value is -0.650. The van der Waals surface area contributed by atoms with Gasteiger partial charge in [-0.1, -0.05) is 6.92 Å². The van der Waals surface area contributed by atoms with Crippen molar-refractivity contribution in [1.29, 1.82) is 0 Å². The number of hydrogen-bond donors (Lipinski definition) is 1. The highest BCUT2D eigenvalue weighted by atomic mass is 16.5. The van der Waals surface area contributed by atoms with Crippen molar-refractivity contribution < 1.29 is 14.3 Å². The van der Waals surface area contributed by atoms with Gasteiger partial charge in [-0.15, -0.1) is 0 Å². The number of methoxy groups -OCH3 is 1. The van der Waals surface area contributed by atoms with Crippen molar-refractivity contribution in [2.24, 2.45) is 5.92 Å². The molecule has 5 nitrogen and oxygen atoms in total. The SMILES string of the molecule is CCCNC(CN1CCC(OC)C1)(C(=O)OCC)C1CC1. The fourth-order valence-electron chi connectivity index (χ4n) is 3.30. The van der Waals surface area contributed by atoms with Gasteiger partial charge >= 0.3 is 5.97 Å². The molecule has 1 saturated carbocycles. The lowest BCUT2D eigenvalue weighted by molar-refractivity contribution is -0.153. The molecule has 1 heterocycles. The van der Waals surface area contributed by atoms with E-state index in [1.54, 1.807) is 7.11 Å². The number of esters is 1. The zero-order valence-corrected chi connectivity index (χ0v) is 13.7. The third kappa shape index (κ3) is 3.96. The second-order valence-corrected chi connectivity index (χ2v) is 6.27. The molecule has 5 heteroatoms. The van der Waals surface area contributed by atoms with E-state index < -0.39 is 5.54 Å². The van der Waals surface area contributed by atoms with Crippen LogP contribution in [0.25, 0.3) is 0 Å². The molecule has 2 unspecified atom stereocenters. The first kappa shape index (κ1) is 16.7. The average Bonchev–Trinajstić information content (AvgIpc) is 3.24. The van der Waals surface area contributed by atoms with Crippen molar-refractivity contribution in [1.82, 2.24) is 10.2 Å². The van der Waals surface area contributed by atoms with Gasteiger partial charge in [-0.05, 0) is 45.1 Å². The van der Waals surface area contributed by atoms with Crippen molar-refractivity contribution in [3.63, 3.8) is 0 Å². The molecule has 2 atom stereocenters. The standard InChI is InChI=1S/C16H30N2O3/c1-4-9-17-16(13-6-7-13,15(19)21-5-2)12-18-10-8-14(11-18)20-3/h13-14,17H,4-12H2,1-3H3. The normalized spacial score (nSPS) is 25.8. The maximum Gasteiger partial charge on any atom is 0.327 e. The van der Waals surface area contributed by atoms with Gasteiger partial charge in [0.15, 0.2) is 0 Å². The summed E-state index contributed by atoms with van der Waals surface area (Å²) < 4.78 is 10.9. The molecule has 1 saturated heterocycles. The molecular formula is C16H30N2O3. The fourth-order valence-corrected chi connectivity index (χ4v) is 3.30. The number of nitrogens with one attached hydrogen (secondary N) is 1. The Kier molecular flexibility index (Phi) is 6.02. The molecule has 0 aromatic heterocycles. The molecule has 1 aliphatic heterocycles. The van der Waals surface area contributed by atoms with Gasteiger partial charge in [0.2, 0.25) is 0 Å². The van der Waals surface area contributed by atoms with Crippen LogP contribution in [-0.2, 0) is 14.3 Å². The third-order valence-corrected chi connectivity index (χ3v) is 4.64. The fraction of sp³-hybridized carbons (Fsp3) is 0.938. The number of nitrogens with zero attached hydrogens (tertiary/aromatic N) is 1. The van der Waals surface area contributed by atoms with Gasteiger partial charge in [0, 0.05) is 26.7 Å². The maximum atomic E-state index is 12.6. The number of ether oxygens (including phenoxy) is 2. The minimum absolute atomic E-state index is 0.0678. The molecule has 0 radical (unpaired) electrons. The van der Waals surface area contributed by atoms with Gasteiger partial charge in [0.05, 0.1) is 12.7 Å². The highest BCUT2D eigenvalue weighted by Gasteiger charge is 2.53. The molecular weight excluding hydrogens is 268 g/mol. The summed E-state index contributed by atoms with van der Waals surface area (Å²) in [4.78, 5) is 15.0. The van der Waals surface area contributed by atoms with E-state index in [1.165, 1.54) is 0 Å². The molecule has 0 aromatic rings. The second kappa shape index (κ2) is 7.56. The molecule has 0 bridgehead atoms. The largest absolute Gasteiger partial charge is 0.465 e. The van der Waals surface area contributed by atoms with Gasteiger partial charge in [0.25, 0.3) is 0 Å². The Bertz CT molecular complexity index is 346. The Morgan fingerprint density at radius 3 is 2.62 bits per heavy atom. The number of likely N-dealkylation sites (tertiary alicyclic amines) is 1. The molecule has 0 amide bonds. The summed E-state index contributed by atoms with van der Waals surface area (Å²) in [6.45, 7) is 7.98. The Balaban J connectivity index is 2.08. The van der Waals surface area contributed by atoms with Gasteiger partial charge in [-0.25, -0.2) is 4.79 Å². The number of hydrogen-bond acceptors (Lipinski definition) is 5. The second-order valence-electron chi connectivity index (χ2n) is 6.27. The zero-order chi connectivity index (χ0) is 15.3. The van der Waals surface area contributed by atoms with Crippen LogP contribution in [0.5, 0.6) is 0 Å². The summed E-state index contributed by atoms with van der Waals surface area (Å²) >= 11 is 0. The number of rotatable bonds is 9. The number of carbonyl (C=O) groups is 1. The molecule has 0 aromatic carbocycles. The van der Waals surface area contributed by atoms with Crippen LogP contribution in [0.1, 0.15) is 39.5 Å². The van der Waals surface area contributed by atoms with E-state index in [4.69, 9.17) is 9.47 Å². The highest BCUT2D eigenvalue weighted by Crippen LogP contribution is 2.41. The summed E-state index contributed by atoms with van der Waals surface area (Å²) in [7, 11) is 1.77. The van der Waals surface area contributed by atoms with Gasteiger partial charge < -0.3 is 14.8 Å². The van der Waals surface area contributed by atoms with Gasteiger partial charge in [-0.2, -0.15) is 0 Å². The van der Waals surface area contributed by atoms with Crippen LogP contribution in [0.4, 0.5) is 0 Å². The first-order valence-electron chi connectivity index (χ1n) is 8.33. The van der Waals surface area contributed by atoms with Gasteiger partial charge in [-0.3, -0.25) is 4.90 Å². The third-order valence-electron chi connectivity index (χ3n) is 4.64. The van der Waals surface area contributed by atoms with Crippen LogP contribution < -0.4 is 5.32 Å². The monoisotopic (exact) mass is 298 g/mol. The van der Waals surface area contributed by atoms with Crippen LogP contribution in [0.2, 0.25) is 0 Å². The number of carbonyl (C=O) groups excluding carboxylic acids is 1. The van der Waals surface area contributed by atoms with Crippen LogP contribution in [0.15, 0.2) is 0 Å². The Labute approximate surface area is 128 Å². The predicted octanol–water partition coefficient (Wildman–Crippen LogP) is 1.42. The molecule has 1 N–H and O–H groups in total. The molecule has 2 fully saturated rings. The molecule has 122 valence electrons. The average molecular weight is 298 g/mol. The minimum atomic E-state index is -0.519. The molecule has 2 aliphatic rings. The van der Waals surface area contributed by atoms with E-state index in [9.17, 15) is 4.79 Å². The summed E-state index contributed by atoms with van der Waals surface area (Å²) in [6, 6.07) is 0. The highest BCUT2D eigenvalue weighted by molar-refractivity contribution is 5.82. The first-order valence-corrected chi connectivity index (χ1v) is 8.33. The van der Waals surface area contributed by atoms with E-state index in [-0.39, 0.29) is 5.97 Å². The lowest BCUT2D eigenvalue weighted by Crippen LogP contribution is -2.61. The lowest BCUT2D eigenvalue weighted by atomic mass is 9.92. The summed E-state index contributed by atoms with van der Waals surface area (Å²) in [6.07, 6.45) is 4.62. The van der Waals surface area contributed by atoms with E-state index in [1.807, 2.05) is 6.92 Å². The van der Waals surface area contributed by atoms with Crippen molar-refractivity contribution in [2.45, 2.75) is 51.2 Å². The molecule has 1 aliphatic carbocycles. The van der Waals surface area contributed by atoms with E-state index in [0.717, 1.165) is 51.9 Å².